The zero-order valence-electron chi connectivity index (χ0n) is 23.5. The second-order valence-electron chi connectivity index (χ2n) is 10.6. The summed E-state index contributed by atoms with van der Waals surface area (Å²) in [5, 5.41) is 11.6. The van der Waals surface area contributed by atoms with Crippen LogP contribution in [0.15, 0.2) is 47.3 Å². The highest BCUT2D eigenvalue weighted by molar-refractivity contribution is 6.04. The van der Waals surface area contributed by atoms with Gasteiger partial charge in [-0.05, 0) is 36.8 Å². The van der Waals surface area contributed by atoms with Crippen molar-refractivity contribution in [3.63, 3.8) is 0 Å². The van der Waals surface area contributed by atoms with Crippen LogP contribution in [0.2, 0.25) is 0 Å². The van der Waals surface area contributed by atoms with Gasteiger partial charge in [-0.1, -0.05) is 31.2 Å². The van der Waals surface area contributed by atoms with Gasteiger partial charge < -0.3 is 28.6 Å². The summed E-state index contributed by atoms with van der Waals surface area (Å²) in [6.45, 7) is 5.00. The van der Waals surface area contributed by atoms with E-state index in [1.54, 1.807) is 33.9 Å². The number of fused-ring (bicyclic) bond motifs is 5. The van der Waals surface area contributed by atoms with Crippen molar-refractivity contribution in [2.75, 3.05) is 7.11 Å². The third kappa shape index (κ3) is 4.83. The molecule has 1 aromatic heterocycles. The Labute approximate surface area is 235 Å². The summed E-state index contributed by atoms with van der Waals surface area (Å²) in [6.07, 6.45) is -3.05. The van der Waals surface area contributed by atoms with Gasteiger partial charge in [-0.25, -0.2) is 0 Å². The van der Waals surface area contributed by atoms with E-state index in [2.05, 4.69) is 0 Å². The normalized spacial score (nSPS) is 17.6. The Balaban J connectivity index is 1.83. The van der Waals surface area contributed by atoms with Gasteiger partial charge in [0.25, 0.3) is 0 Å². The summed E-state index contributed by atoms with van der Waals surface area (Å²) in [4.78, 5) is 50.6. The minimum atomic E-state index is -1.20. The predicted octanol–water partition coefficient (Wildman–Crippen LogP) is 4.80. The zero-order valence-corrected chi connectivity index (χ0v) is 23.5. The fourth-order valence-corrected chi connectivity index (χ4v) is 5.48. The molecular weight excluding hydrogens is 530 g/mol. The largest absolute Gasteiger partial charge is 0.496 e. The molecule has 10 nitrogen and oxygen atoms in total. The summed E-state index contributed by atoms with van der Waals surface area (Å²) in [5.74, 6) is -1.89. The van der Waals surface area contributed by atoms with Crippen LogP contribution < -0.4 is 14.9 Å². The van der Waals surface area contributed by atoms with Gasteiger partial charge in [0.1, 0.15) is 17.1 Å². The lowest BCUT2D eigenvalue weighted by Crippen LogP contribution is -2.52. The Morgan fingerprint density at radius 1 is 1.02 bits per heavy atom. The first-order chi connectivity index (χ1) is 19.5. The van der Waals surface area contributed by atoms with Gasteiger partial charge in [-0.15, -0.1) is 0 Å². The number of aliphatic carboxylic acids is 1. The number of hydrogen-bond donors (Lipinski definition) is 1. The number of pyridine rings is 1. The van der Waals surface area contributed by atoms with E-state index in [9.17, 15) is 19.2 Å². The fourth-order valence-electron chi connectivity index (χ4n) is 5.48. The molecule has 0 bridgehead atoms. The van der Waals surface area contributed by atoms with E-state index in [1.165, 1.54) is 7.11 Å². The molecule has 41 heavy (non-hydrogen) atoms. The highest BCUT2D eigenvalue weighted by Crippen LogP contribution is 2.49. The van der Waals surface area contributed by atoms with Gasteiger partial charge in [0, 0.05) is 24.9 Å². The van der Waals surface area contributed by atoms with Crippen LogP contribution in [0.1, 0.15) is 51.7 Å². The molecule has 0 unspecified atom stereocenters. The van der Waals surface area contributed by atoms with Crippen molar-refractivity contribution in [2.24, 2.45) is 7.05 Å². The van der Waals surface area contributed by atoms with Crippen LogP contribution in [0.25, 0.3) is 32.6 Å². The minimum Gasteiger partial charge on any atom is -0.496 e. The number of esters is 2. The van der Waals surface area contributed by atoms with Gasteiger partial charge in [0.2, 0.25) is 5.43 Å². The molecule has 0 saturated heterocycles. The lowest BCUT2D eigenvalue weighted by atomic mass is 9.86. The number of carbonyl (C=O) groups excluding carboxylic acids is 2. The fraction of sp³-hybridized carbons (Fsp3) is 0.355. The van der Waals surface area contributed by atoms with Gasteiger partial charge in [-0.3, -0.25) is 19.2 Å². The van der Waals surface area contributed by atoms with Crippen LogP contribution in [0.3, 0.4) is 0 Å². The van der Waals surface area contributed by atoms with Crippen LogP contribution >= 0.6 is 0 Å². The van der Waals surface area contributed by atoms with Gasteiger partial charge in [0.15, 0.2) is 12.2 Å². The van der Waals surface area contributed by atoms with E-state index >= 15 is 0 Å². The smallest absolute Gasteiger partial charge is 0.306 e. The molecule has 0 fully saturated rings. The Morgan fingerprint density at radius 2 is 1.71 bits per heavy atom. The van der Waals surface area contributed by atoms with E-state index < -0.39 is 42.1 Å². The molecular formula is C31H31NO9. The zero-order chi connectivity index (χ0) is 29.6. The molecule has 2 heterocycles. The number of aryl methyl sites for hydroxylation is 1. The van der Waals surface area contributed by atoms with Gasteiger partial charge in [0.05, 0.1) is 41.9 Å². The summed E-state index contributed by atoms with van der Waals surface area (Å²) in [5.41, 5.74) is -0.0819. The molecule has 0 radical (unpaired) electrons. The van der Waals surface area contributed by atoms with Crippen molar-refractivity contribution in [1.29, 1.82) is 0 Å². The molecule has 0 aliphatic carbocycles. The van der Waals surface area contributed by atoms with Crippen LogP contribution in [-0.4, -0.2) is 46.4 Å². The molecule has 214 valence electrons. The molecule has 4 aromatic rings. The molecule has 0 saturated carbocycles. The summed E-state index contributed by atoms with van der Waals surface area (Å²) < 4.78 is 25.6. The lowest BCUT2D eigenvalue weighted by Gasteiger charge is -2.43. The Bertz CT molecular complexity index is 1790. The number of rotatable bonds is 7. The van der Waals surface area contributed by atoms with Crippen molar-refractivity contribution in [2.45, 2.75) is 57.8 Å². The lowest BCUT2D eigenvalue weighted by molar-refractivity contribution is -0.190. The van der Waals surface area contributed by atoms with Crippen molar-refractivity contribution < 1.29 is 38.4 Å². The molecule has 2 atom stereocenters. The maximum atomic E-state index is 14.1. The summed E-state index contributed by atoms with van der Waals surface area (Å²) in [6, 6.07) is 13.0. The molecule has 1 N–H and O–H groups in total. The molecule has 10 heteroatoms. The quantitative estimate of drug-likeness (QED) is 0.250. The minimum absolute atomic E-state index is 0.0503. The highest BCUT2D eigenvalue weighted by atomic mass is 16.6. The molecule has 0 spiro atoms. The second-order valence-corrected chi connectivity index (χ2v) is 10.6. The maximum Gasteiger partial charge on any atom is 0.306 e. The van der Waals surface area contributed by atoms with E-state index in [0.717, 1.165) is 10.8 Å². The third-order valence-corrected chi connectivity index (χ3v) is 7.48. The number of benzene rings is 3. The van der Waals surface area contributed by atoms with E-state index in [4.69, 9.17) is 24.1 Å². The Morgan fingerprint density at radius 3 is 2.34 bits per heavy atom. The van der Waals surface area contributed by atoms with E-state index in [0.29, 0.717) is 27.7 Å². The molecule has 1 aliphatic rings. The average molecular weight is 562 g/mol. The molecule has 3 aromatic carbocycles. The number of carboxylic acids is 1. The van der Waals surface area contributed by atoms with Crippen LogP contribution in [-0.2, 0) is 30.9 Å². The predicted molar refractivity (Wildman–Crippen MR) is 151 cm³/mol. The number of carbonyl (C=O) groups is 3. The van der Waals surface area contributed by atoms with Gasteiger partial charge in [-0.2, -0.15) is 0 Å². The van der Waals surface area contributed by atoms with Crippen LogP contribution in [0.5, 0.6) is 11.5 Å². The summed E-state index contributed by atoms with van der Waals surface area (Å²) in [7, 11) is 3.26. The number of nitrogens with zero attached hydrogens (tertiary/aromatic N) is 1. The number of methoxy groups -OCH3 is 1. The number of ether oxygens (including phenoxy) is 4. The van der Waals surface area contributed by atoms with Crippen LogP contribution in [0, 0.1) is 0 Å². The number of carboxylic acid groups (broad SMARTS) is 1. The van der Waals surface area contributed by atoms with Crippen LogP contribution in [0.4, 0.5) is 0 Å². The second kappa shape index (κ2) is 10.4. The SMILES string of the molecule is CCC(=O)O[C@@H]1c2c(cc(OC)c3c(=O)c4cc5ccccc5cc4n(C)c23)OC(C)(C)[C@@H]1OC(=O)CCC(=O)O. The van der Waals surface area contributed by atoms with E-state index in [-0.39, 0.29) is 29.4 Å². The van der Waals surface area contributed by atoms with Crippen molar-refractivity contribution in [1.82, 2.24) is 4.57 Å². The Kier molecular flexibility index (Phi) is 7.10. The standard InChI is InChI=1S/C31H31NO9/c1-6-23(35)39-29-26-21(41-31(2,3)30(29)40-24(36)12-11-22(33)34)15-20(38-5)25-27(26)32(4)19-14-17-10-8-7-9-16(17)13-18(19)28(25)37/h7-10,13-15,29-30H,6,11-12H2,1-5H3,(H,33,34)/t29-,30-/m1/s1. The topological polar surface area (TPSA) is 130 Å². The number of aromatic nitrogens is 1. The Hall–Kier alpha value is -4.60. The van der Waals surface area contributed by atoms with Crippen molar-refractivity contribution in [3.8, 4) is 11.5 Å². The van der Waals surface area contributed by atoms with Crippen molar-refractivity contribution >= 4 is 50.5 Å². The first-order valence-electron chi connectivity index (χ1n) is 13.3. The molecule has 5 rings (SSSR count). The van der Waals surface area contributed by atoms with E-state index in [1.807, 2.05) is 41.0 Å². The van der Waals surface area contributed by atoms with Crippen molar-refractivity contribution in [3.05, 3.63) is 58.3 Å². The third-order valence-electron chi connectivity index (χ3n) is 7.48. The van der Waals surface area contributed by atoms with Gasteiger partial charge >= 0.3 is 17.9 Å². The maximum absolute atomic E-state index is 14.1. The average Bonchev–Trinajstić information content (AvgIpc) is 2.94. The molecule has 0 amide bonds. The monoisotopic (exact) mass is 561 g/mol. The first kappa shape index (κ1) is 27.9. The molecule has 1 aliphatic heterocycles. The number of hydrogen-bond acceptors (Lipinski definition) is 8. The first-order valence-corrected chi connectivity index (χ1v) is 13.3. The summed E-state index contributed by atoms with van der Waals surface area (Å²) >= 11 is 0. The highest BCUT2D eigenvalue weighted by Gasteiger charge is 2.50.